The maximum Gasteiger partial charge on any atom is 0.344 e. The van der Waals surface area contributed by atoms with E-state index in [2.05, 4.69) is 85.4 Å². The predicted octanol–water partition coefficient (Wildman–Crippen LogP) is 5.10. The van der Waals surface area contributed by atoms with Gasteiger partial charge in [-0.3, -0.25) is 24.3 Å². The first kappa shape index (κ1) is 43.4. The molecule has 0 saturated carbocycles. The number of nitrogens with zero attached hydrogens (tertiary/aromatic N) is 11. The lowest BCUT2D eigenvalue weighted by molar-refractivity contribution is -0.116. The average molecular weight is 835 g/mol. The number of hydrogen-bond acceptors (Lipinski definition) is 10. The van der Waals surface area contributed by atoms with E-state index in [4.69, 9.17) is 0 Å². The number of rotatable bonds is 8. The topological polar surface area (TPSA) is 139 Å². The number of aromatic nitrogens is 4. The van der Waals surface area contributed by atoms with Crippen molar-refractivity contribution >= 4 is 46.9 Å². The van der Waals surface area contributed by atoms with Gasteiger partial charge >= 0.3 is 12.1 Å². The molecular weight excluding hydrogens is 773 g/mol. The van der Waals surface area contributed by atoms with Gasteiger partial charge in [-0.2, -0.15) is 9.36 Å². The van der Waals surface area contributed by atoms with Gasteiger partial charge in [0, 0.05) is 148 Å². The van der Waals surface area contributed by atoms with Crippen LogP contribution in [0.2, 0.25) is 0 Å². The number of hydrogen-bond donors (Lipinski definition) is 1. The van der Waals surface area contributed by atoms with E-state index >= 15 is 0 Å². The summed E-state index contributed by atoms with van der Waals surface area (Å²) in [6.45, 7) is 19.6. The van der Waals surface area contributed by atoms with Crippen LogP contribution in [-0.2, 0) is 22.7 Å². The second-order valence-electron chi connectivity index (χ2n) is 16.8. The molecular formula is C45H62N12O4. The molecule has 326 valence electrons. The first-order valence-corrected chi connectivity index (χ1v) is 21.8. The van der Waals surface area contributed by atoms with Crippen molar-refractivity contribution in [1.82, 2.24) is 39.2 Å². The summed E-state index contributed by atoms with van der Waals surface area (Å²) in [7, 11) is 1.65. The Bertz CT molecular complexity index is 2150. The number of carbonyl (C=O) groups is 4. The molecule has 61 heavy (non-hydrogen) atoms. The zero-order valence-corrected chi connectivity index (χ0v) is 36.6. The summed E-state index contributed by atoms with van der Waals surface area (Å²) in [6.07, 6.45) is 8.29. The molecule has 8 rings (SSSR count). The number of piperazine rings is 2. The molecule has 0 radical (unpaired) electrons. The highest BCUT2D eigenvalue weighted by atomic mass is 16.2. The minimum absolute atomic E-state index is 0.115. The van der Waals surface area contributed by atoms with E-state index in [1.165, 1.54) is 87.4 Å². The second kappa shape index (κ2) is 19.8. The van der Waals surface area contributed by atoms with Crippen molar-refractivity contribution in [3.05, 3.63) is 83.2 Å². The van der Waals surface area contributed by atoms with Gasteiger partial charge in [0.2, 0.25) is 11.8 Å². The minimum Gasteiger partial charge on any atom is -0.371 e. The monoisotopic (exact) mass is 835 g/mol. The summed E-state index contributed by atoms with van der Waals surface area (Å²) in [5.41, 5.74) is 8.08. The normalized spacial score (nSPS) is 17.3. The lowest BCUT2D eigenvalue weighted by atomic mass is 10.1. The van der Waals surface area contributed by atoms with Crippen LogP contribution in [0.25, 0.3) is 0 Å². The van der Waals surface area contributed by atoms with E-state index in [1.54, 1.807) is 31.6 Å². The third kappa shape index (κ3) is 11.0. The fourth-order valence-corrected chi connectivity index (χ4v) is 8.52. The molecule has 2 aromatic heterocycles. The van der Waals surface area contributed by atoms with Crippen LogP contribution < -0.4 is 20.0 Å². The van der Waals surface area contributed by atoms with Gasteiger partial charge in [-0.15, -0.1) is 10.2 Å². The smallest absolute Gasteiger partial charge is 0.344 e. The number of benzene rings is 2. The molecule has 0 aliphatic carbocycles. The molecule has 4 saturated heterocycles. The van der Waals surface area contributed by atoms with Gasteiger partial charge in [0.15, 0.2) is 11.6 Å². The maximum absolute atomic E-state index is 12.8. The highest BCUT2D eigenvalue weighted by Crippen LogP contribution is 2.29. The first-order chi connectivity index (χ1) is 29.4. The second-order valence-corrected chi connectivity index (χ2v) is 16.8. The van der Waals surface area contributed by atoms with Gasteiger partial charge in [-0.05, 0) is 73.9 Å². The van der Waals surface area contributed by atoms with E-state index in [1.807, 2.05) is 9.80 Å². The minimum atomic E-state index is -0.203. The SMILES string of the molecule is CC(=O)N(C)c1ccn(C(=O)N2CCN(Cc3ccc(C)cc3N3CCCC3)CC2)n1.CC(=O)Nc1ccn(C(=O)N2CCN(Cc3ccc(C)cc3N3CCCC3)CC2)n1. The summed E-state index contributed by atoms with van der Waals surface area (Å²) in [5.74, 6) is 0.554. The number of carbonyl (C=O) groups excluding carboxylic acids is 4. The highest BCUT2D eigenvalue weighted by molar-refractivity contribution is 5.90. The average Bonchev–Trinajstić information content (AvgIpc) is 4.11. The largest absolute Gasteiger partial charge is 0.371 e. The Labute approximate surface area is 359 Å². The zero-order valence-electron chi connectivity index (χ0n) is 36.6. The molecule has 0 atom stereocenters. The Kier molecular flexibility index (Phi) is 14.0. The molecule has 4 aliphatic rings. The summed E-state index contributed by atoms with van der Waals surface area (Å²) < 4.78 is 2.63. The van der Waals surface area contributed by atoms with Crippen LogP contribution in [0.4, 0.5) is 32.6 Å². The molecule has 1 N–H and O–H groups in total. The Balaban J connectivity index is 0.000000184. The number of anilines is 4. The molecule has 0 unspecified atom stereocenters. The molecule has 16 nitrogen and oxygen atoms in total. The third-order valence-electron chi connectivity index (χ3n) is 12.1. The lowest BCUT2D eigenvalue weighted by Gasteiger charge is -2.35. The predicted molar refractivity (Wildman–Crippen MR) is 238 cm³/mol. The van der Waals surface area contributed by atoms with Crippen molar-refractivity contribution in [2.75, 3.05) is 106 Å². The van der Waals surface area contributed by atoms with Crippen molar-refractivity contribution in [2.45, 2.75) is 66.5 Å². The molecule has 4 amide bonds. The van der Waals surface area contributed by atoms with Gasteiger partial charge in [-0.1, -0.05) is 24.3 Å². The van der Waals surface area contributed by atoms with Crippen molar-refractivity contribution in [2.24, 2.45) is 0 Å². The first-order valence-electron chi connectivity index (χ1n) is 21.8. The molecule has 4 fully saturated rings. The quantitative estimate of drug-likeness (QED) is 0.256. The molecule has 0 bridgehead atoms. The van der Waals surface area contributed by atoms with Crippen LogP contribution >= 0.6 is 0 Å². The van der Waals surface area contributed by atoms with Crippen LogP contribution in [0.3, 0.4) is 0 Å². The van der Waals surface area contributed by atoms with Crippen molar-refractivity contribution in [3.8, 4) is 0 Å². The summed E-state index contributed by atoms with van der Waals surface area (Å²) >= 11 is 0. The summed E-state index contributed by atoms with van der Waals surface area (Å²) in [4.78, 5) is 63.1. The van der Waals surface area contributed by atoms with Crippen molar-refractivity contribution < 1.29 is 19.2 Å². The molecule has 16 heteroatoms. The summed E-state index contributed by atoms with van der Waals surface area (Å²) in [6, 6.07) is 16.6. The van der Waals surface area contributed by atoms with Gasteiger partial charge < -0.3 is 24.9 Å². The zero-order chi connectivity index (χ0) is 43.0. The van der Waals surface area contributed by atoms with E-state index < -0.39 is 0 Å². The third-order valence-corrected chi connectivity index (χ3v) is 12.1. The lowest BCUT2D eigenvalue weighted by Crippen LogP contribution is -2.49. The van der Waals surface area contributed by atoms with Crippen molar-refractivity contribution in [3.63, 3.8) is 0 Å². The Morgan fingerprint density at radius 3 is 1.48 bits per heavy atom. The van der Waals surface area contributed by atoms with E-state index in [0.29, 0.717) is 37.8 Å². The van der Waals surface area contributed by atoms with Gasteiger partial charge in [-0.25, -0.2) is 9.59 Å². The van der Waals surface area contributed by atoms with Crippen LogP contribution in [0.5, 0.6) is 0 Å². The van der Waals surface area contributed by atoms with Crippen LogP contribution in [0.1, 0.15) is 61.8 Å². The van der Waals surface area contributed by atoms with Crippen LogP contribution in [0, 0.1) is 13.8 Å². The Morgan fingerprint density at radius 1 is 0.590 bits per heavy atom. The molecule has 4 aliphatic heterocycles. The fourth-order valence-electron chi connectivity index (χ4n) is 8.52. The van der Waals surface area contributed by atoms with Crippen LogP contribution in [0.15, 0.2) is 60.9 Å². The maximum atomic E-state index is 12.8. The fraction of sp³-hybridized carbons (Fsp3) is 0.511. The standard InChI is InChI=1S/C23H32N6O2.C22H30N6O2/c1-18-6-7-20(21(16-18)27-9-4-5-10-27)17-26-12-14-28(15-13-26)23(31)29-11-8-22(24-29)25(3)19(2)30;1-17-5-6-19(20(15-17)26-8-3-4-9-26)16-25-11-13-27(14-12-25)22(30)28-10-7-21(24-28)23-18(2)29/h6-8,11,16H,4-5,9-10,12-15,17H2,1-3H3;5-7,10,15H,3-4,8-9,11-14,16H2,1-2H3,(H,23,24,29). The van der Waals surface area contributed by atoms with Crippen molar-refractivity contribution in [1.29, 1.82) is 0 Å². The number of nitrogens with one attached hydrogen (secondary N) is 1. The molecule has 0 spiro atoms. The Morgan fingerprint density at radius 2 is 1.03 bits per heavy atom. The Hall–Kier alpha value is -5.74. The van der Waals surface area contributed by atoms with E-state index in [-0.39, 0.29) is 23.9 Å². The number of amides is 4. The van der Waals surface area contributed by atoms with E-state index in [9.17, 15) is 19.2 Å². The van der Waals surface area contributed by atoms with E-state index in [0.717, 1.165) is 65.4 Å². The highest BCUT2D eigenvalue weighted by Gasteiger charge is 2.27. The molecule has 2 aromatic carbocycles. The van der Waals surface area contributed by atoms with Gasteiger partial charge in [0.1, 0.15) is 0 Å². The molecule has 6 heterocycles. The van der Waals surface area contributed by atoms with Gasteiger partial charge in [0.05, 0.1) is 0 Å². The molecule has 4 aromatic rings. The number of aryl methyl sites for hydroxylation is 2. The van der Waals surface area contributed by atoms with Crippen LogP contribution in [-0.4, -0.2) is 149 Å². The summed E-state index contributed by atoms with van der Waals surface area (Å²) in [5, 5.41) is 11.0. The van der Waals surface area contributed by atoms with Gasteiger partial charge in [0.25, 0.3) is 0 Å².